The molecule has 1 N–H and O–H groups in total. The van der Waals surface area contributed by atoms with Gasteiger partial charge in [-0.15, -0.1) is 0 Å². The van der Waals surface area contributed by atoms with Crippen molar-refractivity contribution in [3.8, 4) is 0 Å². The second kappa shape index (κ2) is 7.99. The van der Waals surface area contributed by atoms with E-state index in [1.165, 1.54) is 0 Å². The van der Waals surface area contributed by atoms with E-state index in [1.54, 1.807) is 0 Å². The normalized spacial score (nSPS) is 15.9. The van der Waals surface area contributed by atoms with E-state index in [4.69, 9.17) is 14.9 Å². The summed E-state index contributed by atoms with van der Waals surface area (Å²) in [5.41, 5.74) is 0.113. The SMILES string of the molecule is CCCCC(OOC(C)C(C)(C)CC(C)(C)C)C(=O)O. The number of hydrogen-bond acceptors (Lipinski definition) is 3. The molecule has 4 nitrogen and oxygen atoms in total. The van der Waals surface area contributed by atoms with Crippen LogP contribution in [0.25, 0.3) is 0 Å². The number of carboxylic acid groups (broad SMARTS) is 1. The maximum atomic E-state index is 11.1. The van der Waals surface area contributed by atoms with Crippen molar-refractivity contribution in [2.24, 2.45) is 10.8 Å². The van der Waals surface area contributed by atoms with E-state index in [9.17, 15) is 4.79 Å². The summed E-state index contributed by atoms with van der Waals surface area (Å²) < 4.78 is 0. The molecule has 0 radical (unpaired) electrons. The van der Waals surface area contributed by atoms with E-state index >= 15 is 0 Å². The first-order valence-corrected chi connectivity index (χ1v) is 7.54. The molecule has 120 valence electrons. The molecule has 0 aliphatic heterocycles. The first kappa shape index (κ1) is 19.4. The standard InChI is InChI=1S/C16H32O4/c1-8-9-10-13(14(17)18)20-19-12(2)16(6,7)11-15(3,4)5/h12-13H,8-11H2,1-7H3,(H,17,18). The highest BCUT2D eigenvalue weighted by molar-refractivity contribution is 5.72. The lowest BCUT2D eigenvalue weighted by Gasteiger charge is -2.36. The minimum Gasteiger partial charge on any atom is -0.479 e. The Morgan fingerprint density at radius 3 is 2.10 bits per heavy atom. The van der Waals surface area contributed by atoms with Gasteiger partial charge in [0.15, 0.2) is 6.10 Å². The van der Waals surface area contributed by atoms with Crippen molar-refractivity contribution in [1.29, 1.82) is 0 Å². The van der Waals surface area contributed by atoms with Crippen molar-refractivity contribution >= 4 is 5.97 Å². The van der Waals surface area contributed by atoms with Crippen LogP contribution in [0.4, 0.5) is 0 Å². The fourth-order valence-corrected chi connectivity index (χ4v) is 2.39. The maximum absolute atomic E-state index is 11.1. The lowest BCUT2D eigenvalue weighted by atomic mass is 9.73. The summed E-state index contributed by atoms with van der Waals surface area (Å²) in [4.78, 5) is 21.7. The average Bonchev–Trinajstić information content (AvgIpc) is 2.24. The lowest BCUT2D eigenvalue weighted by Crippen LogP contribution is -2.35. The molecule has 0 aromatic heterocycles. The van der Waals surface area contributed by atoms with E-state index in [2.05, 4.69) is 34.6 Å². The molecule has 2 atom stereocenters. The summed E-state index contributed by atoms with van der Waals surface area (Å²) in [6.45, 7) is 14.7. The third-order valence-electron chi connectivity index (χ3n) is 3.50. The van der Waals surface area contributed by atoms with Crippen LogP contribution in [-0.2, 0) is 14.6 Å². The van der Waals surface area contributed by atoms with Crippen LogP contribution < -0.4 is 0 Å². The van der Waals surface area contributed by atoms with Gasteiger partial charge in [0.2, 0.25) is 0 Å². The van der Waals surface area contributed by atoms with Gasteiger partial charge in [-0.1, -0.05) is 54.4 Å². The molecule has 0 saturated carbocycles. The highest BCUT2D eigenvalue weighted by Crippen LogP contribution is 2.37. The van der Waals surface area contributed by atoms with Crippen molar-refractivity contribution in [3.05, 3.63) is 0 Å². The van der Waals surface area contributed by atoms with Crippen molar-refractivity contribution in [1.82, 2.24) is 0 Å². The minimum absolute atomic E-state index is 0.0773. The van der Waals surface area contributed by atoms with Crippen LogP contribution in [0.1, 0.15) is 74.1 Å². The third kappa shape index (κ3) is 7.85. The number of carbonyl (C=O) groups is 1. The summed E-state index contributed by atoms with van der Waals surface area (Å²) in [5, 5.41) is 9.10. The van der Waals surface area contributed by atoms with Gasteiger partial charge in [0.05, 0.1) is 6.10 Å². The summed E-state index contributed by atoms with van der Waals surface area (Å²) >= 11 is 0. The number of unbranched alkanes of at least 4 members (excludes halogenated alkanes) is 1. The maximum Gasteiger partial charge on any atom is 0.336 e. The van der Waals surface area contributed by atoms with Crippen LogP contribution in [0.2, 0.25) is 0 Å². The van der Waals surface area contributed by atoms with E-state index < -0.39 is 12.1 Å². The quantitative estimate of drug-likeness (QED) is 0.504. The molecule has 0 saturated heterocycles. The van der Waals surface area contributed by atoms with Gasteiger partial charge in [-0.25, -0.2) is 14.6 Å². The van der Waals surface area contributed by atoms with E-state index in [-0.39, 0.29) is 16.9 Å². The Hall–Kier alpha value is -0.610. The molecule has 0 aromatic carbocycles. The summed E-state index contributed by atoms with van der Waals surface area (Å²) in [5.74, 6) is -0.959. The number of rotatable bonds is 9. The van der Waals surface area contributed by atoms with Crippen LogP contribution in [-0.4, -0.2) is 23.3 Å². The number of aliphatic carboxylic acids is 1. The van der Waals surface area contributed by atoms with Crippen LogP contribution >= 0.6 is 0 Å². The molecule has 0 bridgehead atoms. The predicted molar refractivity (Wildman–Crippen MR) is 80.4 cm³/mol. The highest BCUT2D eigenvalue weighted by Gasteiger charge is 2.33. The molecule has 0 spiro atoms. The third-order valence-corrected chi connectivity index (χ3v) is 3.50. The zero-order valence-electron chi connectivity index (χ0n) is 14.2. The van der Waals surface area contributed by atoms with Crippen LogP contribution in [0.5, 0.6) is 0 Å². The minimum atomic E-state index is -0.959. The van der Waals surface area contributed by atoms with Crippen molar-refractivity contribution in [2.45, 2.75) is 86.4 Å². The largest absolute Gasteiger partial charge is 0.479 e. The Morgan fingerprint density at radius 2 is 1.70 bits per heavy atom. The predicted octanol–water partition coefficient (Wildman–Crippen LogP) is 4.43. The monoisotopic (exact) mass is 288 g/mol. The second-order valence-electron chi connectivity index (χ2n) is 7.53. The Bertz CT molecular complexity index is 291. The topological polar surface area (TPSA) is 55.8 Å². The molecule has 2 unspecified atom stereocenters. The van der Waals surface area contributed by atoms with Crippen LogP contribution in [0, 0.1) is 10.8 Å². The molecule has 0 aliphatic carbocycles. The summed E-state index contributed by atoms with van der Waals surface area (Å²) in [6.07, 6.45) is 2.18. The zero-order chi connectivity index (χ0) is 16.0. The van der Waals surface area contributed by atoms with Gasteiger partial charge in [-0.3, -0.25) is 0 Å². The van der Waals surface area contributed by atoms with Crippen molar-refractivity contribution < 1.29 is 19.7 Å². The Kier molecular flexibility index (Phi) is 7.74. The molecule has 4 heteroatoms. The van der Waals surface area contributed by atoms with E-state index in [0.717, 1.165) is 19.3 Å². The molecular weight excluding hydrogens is 256 g/mol. The summed E-state index contributed by atoms with van der Waals surface area (Å²) in [7, 11) is 0. The van der Waals surface area contributed by atoms with Gasteiger partial charge in [-0.2, -0.15) is 0 Å². The van der Waals surface area contributed by atoms with Crippen LogP contribution in [0.3, 0.4) is 0 Å². The number of hydrogen-bond donors (Lipinski definition) is 1. The van der Waals surface area contributed by atoms with Gasteiger partial charge in [0.1, 0.15) is 0 Å². The molecule has 0 fully saturated rings. The Labute approximate surface area is 123 Å². The molecule has 0 aliphatic rings. The van der Waals surface area contributed by atoms with Gasteiger partial charge in [-0.05, 0) is 30.6 Å². The first-order chi connectivity index (χ1) is 8.99. The fraction of sp³-hybridized carbons (Fsp3) is 0.938. The molecule has 0 rings (SSSR count). The molecule has 0 amide bonds. The van der Waals surface area contributed by atoms with E-state index in [1.807, 2.05) is 13.8 Å². The Balaban J connectivity index is 4.43. The molecule has 0 heterocycles. The number of carboxylic acids is 1. The fourth-order valence-electron chi connectivity index (χ4n) is 2.39. The van der Waals surface area contributed by atoms with Gasteiger partial charge in [0.25, 0.3) is 0 Å². The molecule has 0 aromatic rings. The van der Waals surface area contributed by atoms with Gasteiger partial charge in [0, 0.05) is 0 Å². The van der Waals surface area contributed by atoms with Gasteiger partial charge < -0.3 is 5.11 Å². The van der Waals surface area contributed by atoms with Crippen molar-refractivity contribution in [2.75, 3.05) is 0 Å². The van der Waals surface area contributed by atoms with Crippen molar-refractivity contribution in [3.63, 3.8) is 0 Å². The Morgan fingerprint density at radius 1 is 1.15 bits per heavy atom. The lowest BCUT2D eigenvalue weighted by molar-refractivity contribution is -0.360. The summed E-state index contributed by atoms with van der Waals surface area (Å²) in [6, 6.07) is 0. The first-order valence-electron chi connectivity index (χ1n) is 7.54. The highest BCUT2D eigenvalue weighted by atomic mass is 17.2. The molecule has 20 heavy (non-hydrogen) atoms. The average molecular weight is 288 g/mol. The van der Waals surface area contributed by atoms with Crippen LogP contribution in [0.15, 0.2) is 0 Å². The van der Waals surface area contributed by atoms with Gasteiger partial charge >= 0.3 is 5.97 Å². The zero-order valence-corrected chi connectivity index (χ0v) is 14.2. The molecular formula is C16H32O4. The smallest absolute Gasteiger partial charge is 0.336 e. The second-order valence-corrected chi connectivity index (χ2v) is 7.53. The van der Waals surface area contributed by atoms with E-state index in [0.29, 0.717) is 6.42 Å².